The molecule has 0 aliphatic rings. The topological polar surface area (TPSA) is 88.0 Å². The fourth-order valence-corrected chi connectivity index (χ4v) is 2.83. The summed E-state index contributed by atoms with van der Waals surface area (Å²) in [5, 5.41) is 15.5. The number of nitrogens with zero attached hydrogens (tertiary/aromatic N) is 1. The Morgan fingerprint density at radius 1 is 1.16 bits per heavy atom. The lowest BCUT2D eigenvalue weighted by Crippen LogP contribution is -2.16. The van der Waals surface area contributed by atoms with E-state index in [2.05, 4.69) is 10.3 Å². The van der Waals surface area contributed by atoms with Crippen molar-refractivity contribution in [2.24, 2.45) is 0 Å². The number of aromatic nitrogens is 1. The SMILES string of the molecule is Cc1cc2cc(CNc3ccc([N+](=O)[O-])cc3C)c(=O)[nH]c2cc1Cl. The van der Waals surface area contributed by atoms with E-state index in [1.54, 1.807) is 19.1 Å². The van der Waals surface area contributed by atoms with Crippen LogP contribution in [-0.2, 0) is 6.54 Å². The molecule has 128 valence electrons. The van der Waals surface area contributed by atoms with Crippen LogP contribution in [0.2, 0.25) is 5.02 Å². The van der Waals surface area contributed by atoms with Gasteiger partial charge in [-0.2, -0.15) is 0 Å². The molecule has 0 bridgehead atoms. The lowest BCUT2D eigenvalue weighted by atomic mass is 10.1. The standard InChI is InChI=1S/C18H16ClN3O3/c1-10-5-12-7-13(18(23)21-17(12)8-15(10)19)9-20-16-4-3-14(22(24)25)6-11(16)2/h3-8,20H,9H2,1-2H3,(H,21,23). The number of halogens is 1. The van der Waals surface area contributed by atoms with Crippen LogP contribution in [0.1, 0.15) is 16.7 Å². The normalized spacial score (nSPS) is 10.8. The first-order valence-corrected chi connectivity index (χ1v) is 8.04. The summed E-state index contributed by atoms with van der Waals surface area (Å²) in [7, 11) is 0. The molecule has 0 unspecified atom stereocenters. The number of nitro benzene ring substituents is 1. The Kier molecular flexibility index (Phi) is 4.46. The number of nitro groups is 1. The molecule has 0 spiro atoms. The van der Waals surface area contributed by atoms with Crippen molar-refractivity contribution in [2.75, 3.05) is 5.32 Å². The van der Waals surface area contributed by atoms with Gasteiger partial charge in [0.15, 0.2) is 0 Å². The summed E-state index contributed by atoms with van der Waals surface area (Å²) in [5.74, 6) is 0. The highest BCUT2D eigenvalue weighted by molar-refractivity contribution is 6.32. The number of hydrogen-bond acceptors (Lipinski definition) is 4. The number of benzene rings is 2. The summed E-state index contributed by atoms with van der Waals surface area (Å²) >= 11 is 6.09. The summed E-state index contributed by atoms with van der Waals surface area (Å²) < 4.78 is 0. The van der Waals surface area contributed by atoms with Gasteiger partial charge in [-0.1, -0.05) is 11.6 Å². The number of pyridine rings is 1. The zero-order valence-electron chi connectivity index (χ0n) is 13.7. The molecule has 0 amide bonds. The maximum Gasteiger partial charge on any atom is 0.269 e. The summed E-state index contributed by atoms with van der Waals surface area (Å²) in [6, 6.07) is 10.1. The highest BCUT2D eigenvalue weighted by Crippen LogP contribution is 2.23. The van der Waals surface area contributed by atoms with Crippen molar-refractivity contribution >= 4 is 33.9 Å². The van der Waals surface area contributed by atoms with Crippen LogP contribution in [0.3, 0.4) is 0 Å². The van der Waals surface area contributed by atoms with E-state index in [4.69, 9.17) is 11.6 Å². The minimum Gasteiger partial charge on any atom is -0.381 e. The monoisotopic (exact) mass is 357 g/mol. The smallest absolute Gasteiger partial charge is 0.269 e. The highest BCUT2D eigenvalue weighted by Gasteiger charge is 2.09. The lowest BCUT2D eigenvalue weighted by Gasteiger charge is -2.10. The first kappa shape index (κ1) is 17.0. The van der Waals surface area contributed by atoms with Gasteiger partial charge in [0.1, 0.15) is 0 Å². The molecule has 3 rings (SSSR count). The Morgan fingerprint density at radius 2 is 1.92 bits per heavy atom. The van der Waals surface area contributed by atoms with Crippen LogP contribution in [0.15, 0.2) is 41.2 Å². The molecule has 25 heavy (non-hydrogen) atoms. The van der Waals surface area contributed by atoms with E-state index in [1.165, 1.54) is 12.1 Å². The second-order valence-electron chi connectivity index (χ2n) is 5.92. The summed E-state index contributed by atoms with van der Waals surface area (Å²) in [4.78, 5) is 25.4. The minimum absolute atomic E-state index is 0.0407. The molecule has 0 radical (unpaired) electrons. The predicted octanol–water partition coefficient (Wildman–Crippen LogP) is 4.32. The summed E-state index contributed by atoms with van der Waals surface area (Å²) in [5.41, 5.74) is 3.54. The van der Waals surface area contributed by atoms with Crippen molar-refractivity contribution in [2.45, 2.75) is 20.4 Å². The van der Waals surface area contributed by atoms with Crippen LogP contribution in [0.5, 0.6) is 0 Å². The van der Waals surface area contributed by atoms with Crippen LogP contribution in [-0.4, -0.2) is 9.91 Å². The van der Waals surface area contributed by atoms with E-state index in [9.17, 15) is 14.9 Å². The van der Waals surface area contributed by atoms with Crippen molar-refractivity contribution in [3.63, 3.8) is 0 Å². The molecule has 0 aliphatic heterocycles. The van der Waals surface area contributed by atoms with Crippen LogP contribution in [0.25, 0.3) is 10.9 Å². The van der Waals surface area contributed by atoms with Gasteiger partial charge < -0.3 is 10.3 Å². The maximum absolute atomic E-state index is 12.3. The molecule has 1 heterocycles. The molecular formula is C18H16ClN3O3. The first-order chi connectivity index (χ1) is 11.8. The van der Waals surface area contributed by atoms with Gasteiger partial charge in [0.05, 0.1) is 4.92 Å². The number of anilines is 1. The van der Waals surface area contributed by atoms with Gasteiger partial charge in [-0.25, -0.2) is 0 Å². The second kappa shape index (κ2) is 6.57. The van der Waals surface area contributed by atoms with Crippen LogP contribution >= 0.6 is 11.6 Å². The lowest BCUT2D eigenvalue weighted by molar-refractivity contribution is -0.384. The van der Waals surface area contributed by atoms with Crippen LogP contribution in [0.4, 0.5) is 11.4 Å². The van der Waals surface area contributed by atoms with Gasteiger partial charge in [-0.15, -0.1) is 0 Å². The molecular weight excluding hydrogens is 342 g/mol. The predicted molar refractivity (Wildman–Crippen MR) is 99.5 cm³/mol. The fourth-order valence-electron chi connectivity index (χ4n) is 2.67. The molecule has 2 N–H and O–H groups in total. The Labute approximate surface area is 148 Å². The second-order valence-corrected chi connectivity index (χ2v) is 6.33. The average molecular weight is 358 g/mol. The van der Waals surface area contributed by atoms with Crippen molar-refractivity contribution in [1.82, 2.24) is 4.98 Å². The molecule has 0 aliphatic carbocycles. The number of aromatic amines is 1. The van der Waals surface area contributed by atoms with E-state index in [1.807, 2.05) is 19.1 Å². The molecule has 2 aromatic carbocycles. The number of nitrogens with one attached hydrogen (secondary N) is 2. The molecule has 0 saturated heterocycles. The Morgan fingerprint density at radius 3 is 2.60 bits per heavy atom. The van der Waals surface area contributed by atoms with Crippen LogP contribution < -0.4 is 10.9 Å². The highest BCUT2D eigenvalue weighted by atomic mass is 35.5. The maximum atomic E-state index is 12.3. The summed E-state index contributed by atoms with van der Waals surface area (Å²) in [6.45, 7) is 4.00. The Bertz CT molecular complexity index is 1040. The van der Waals surface area contributed by atoms with Crippen molar-refractivity contribution in [1.29, 1.82) is 0 Å². The van der Waals surface area contributed by atoms with Gasteiger partial charge in [-0.3, -0.25) is 14.9 Å². The van der Waals surface area contributed by atoms with Gasteiger partial charge in [0.25, 0.3) is 11.2 Å². The number of hydrogen-bond donors (Lipinski definition) is 2. The van der Waals surface area contributed by atoms with Crippen molar-refractivity contribution in [3.05, 3.63) is 78.6 Å². The third kappa shape index (κ3) is 3.49. The zero-order chi connectivity index (χ0) is 18.1. The molecule has 7 heteroatoms. The van der Waals surface area contributed by atoms with E-state index < -0.39 is 4.92 Å². The Balaban J connectivity index is 1.88. The molecule has 1 aromatic heterocycles. The number of aryl methyl sites for hydroxylation is 2. The molecule has 3 aromatic rings. The fraction of sp³-hybridized carbons (Fsp3) is 0.167. The number of fused-ring (bicyclic) bond motifs is 1. The molecule has 0 saturated carbocycles. The van der Waals surface area contributed by atoms with E-state index in [0.717, 1.165) is 22.2 Å². The Hall–Kier alpha value is -2.86. The quantitative estimate of drug-likeness (QED) is 0.537. The van der Waals surface area contributed by atoms with E-state index in [0.29, 0.717) is 22.6 Å². The van der Waals surface area contributed by atoms with Crippen LogP contribution in [0, 0.1) is 24.0 Å². The summed E-state index contributed by atoms with van der Waals surface area (Å²) in [6.07, 6.45) is 0. The minimum atomic E-state index is -0.432. The van der Waals surface area contributed by atoms with Gasteiger partial charge in [-0.05, 0) is 54.6 Å². The first-order valence-electron chi connectivity index (χ1n) is 7.66. The number of non-ortho nitro benzene ring substituents is 1. The van der Waals surface area contributed by atoms with E-state index in [-0.39, 0.29) is 11.2 Å². The van der Waals surface area contributed by atoms with E-state index >= 15 is 0 Å². The van der Waals surface area contributed by atoms with Gasteiger partial charge in [0.2, 0.25) is 0 Å². The van der Waals surface area contributed by atoms with Gasteiger partial charge in [0, 0.05) is 40.5 Å². The van der Waals surface area contributed by atoms with Gasteiger partial charge >= 0.3 is 0 Å². The average Bonchev–Trinajstić information content (AvgIpc) is 2.55. The van der Waals surface area contributed by atoms with Crippen molar-refractivity contribution < 1.29 is 4.92 Å². The number of rotatable bonds is 4. The largest absolute Gasteiger partial charge is 0.381 e. The molecule has 6 nitrogen and oxygen atoms in total. The third-order valence-corrected chi connectivity index (χ3v) is 4.50. The molecule has 0 atom stereocenters. The molecule has 0 fully saturated rings. The number of H-pyrrole nitrogens is 1. The van der Waals surface area contributed by atoms with Crippen molar-refractivity contribution in [3.8, 4) is 0 Å². The zero-order valence-corrected chi connectivity index (χ0v) is 14.5. The third-order valence-electron chi connectivity index (χ3n) is 4.09.